The number of amides is 5. The maximum atomic E-state index is 14.1. The molecule has 2 saturated heterocycles. The van der Waals surface area contributed by atoms with Crippen LogP contribution in [0.4, 0.5) is 0 Å². The first-order chi connectivity index (χ1) is 52.1. The average molecular weight is 1600 g/mol. The van der Waals surface area contributed by atoms with Gasteiger partial charge in [-0.15, -0.1) is 0 Å². The molecule has 0 saturated carbocycles. The van der Waals surface area contributed by atoms with Gasteiger partial charge in [-0.1, -0.05) is 128 Å². The molecule has 6 N–H and O–H groups in total. The van der Waals surface area contributed by atoms with Crippen molar-refractivity contribution >= 4 is 115 Å². The largest absolute Gasteiger partial charge is 0.481 e. The lowest BCUT2D eigenvalue weighted by molar-refractivity contribution is -0.158. The molecule has 10 atom stereocenters. The Hall–Kier alpha value is -8.82. The number of hydrogen-bond acceptors (Lipinski definition) is 22. The summed E-state index contributed by atoms with van der Waals surface area (Å²) in [7, 11) is -0.0313. The van der Waals surface area contributed by atoms with Gasteiger partial charge in [0.05, 0.1) is 67.6 Å². The van der Waals surface area contributed by atoms with E-state index in [9.17, 15) is 57.8 Å². The average Bonchev–Trinajstić information content (AvgIpc) is 0.819. The number of carbonyl (C=O) groups excluding carboxylic acids is 10. The van der Waals surface area contributed by atoms with E-state index in [0.717, 1.165) is 39.5 Å². The predicted molar refractivity (Wildman–Crippen MR) is 434 cm³/mol. The number of carboxylic acids is 1. The summed E-state index contributed by atoms with van der Waals surface area (Å²) in [5, 5.41) is 22.7. The van der Waals surface area contributed by atoms with Gasteiger partial charge in [0.15, 0.2) is 0 Å². The third kappa shape index (κ3) is 32.0. The minimum absolute atomic E-state index is 0.0614. The zero-order valence-corrected chi connectivity index (χ0v) is 72.1. The smallest absolute Gasteiger partial charge is 0.324 e. The summed E-state index contributed by atoms with van der Waals surface area (Å²) >= 11 is 0. The molecule has 6 rings (SSSR count). The number of carbonyl (C=O) groups is 11. The van der Waals surface area contributed by atoms with Crippen LogP contribution in [0.5, 0.6) is 0 Å². The van der Waals surface area contributed by atoms with Crippen LogP contribution in [0.3, 0.4) is 0 Å². The number of esters is 5. The van der Waals surface area contributed by atoms with Gasteiger partial charge in [-0.05, 0) is 147 Å². The van der Waals surface area contributed by atoms with Gasteiger partial charge in [0.25, 0.3) is 11.8 Å². The van der Waals surface area contributed by atoms with Crippen LogP contribution in [0.2, 0.25) is 51.4 Å². The number of rotatable bonds is 33. The van der Waals surface area contributed by atoms with Crippen molar-refractivity contribution in [2.75, 3.05) is 53.7 Å². The van der Waals surface area contributed by atoms with Crippen LogP contribution in [-0.2, 0) is 85.9 Å². The van der Waals surface area contributed by atoms with E-state index in [2.05, 4.69) is 71.1 Å². The van der Waals surface area contributed by atoms with Crippen LogP contribution in [0.25, 0.3) is 34.0 Å². The molecular weight excluding hydrogens is 1470 g/mol. The molecule has 4 heterocycles. The highest BCUT2D eigenvalue weighted by Crippen LogP contribution is 2.29. The molecule has 5 amide bonds. The molecule has 2 aliphatic rings. The first-order valence-corrected chi connectivity index (χ1v) is 45.9. The van der Waals surface area contributed by atoms with Gasteiger partial charge < -0.3 is 54.2 Å². The van der Waals surface area contributed by atoms with Crippen molar-refractivity contribution in [3.8, 4) is 0 Å². The number of aliphatic carboxylic acids is 1. The summed E-state index contributed by atoms with van der Waals surface area (Å²) in [6, 6.07) is 17.0. The topological polar surface area (TPSA) is 365 Å². The Morgan fingerprint density at radius 3 is 1.35 bits per heavy atom. The van der Waals surface area contributed by atoms with Crippen LogP contribution >= 0.6 is 0 Å². The lowest BCUT2D eigenvalue weighted by atomic mass is 9.88. The molecule has 0 bridgehead atoms. The van der Waals surface area contributed by atoms with E-state index in [1.54, 1.807) is 80.5 Å². The lowest BCUT2D eigenvalue weighted by Gasteiger charge is -2.34. The molecule has 2 aliphatic heterocycles. The van der Waals surface area contributed by atoms with E-state index in [1.165, 1.54) is 38.1 Å². The number of aromatic nitrogens is 2. The van der Waals surface area contributed by atoms with E-state index < -0.39 is 123 Å². The maximum absolute atomic E-state index is 14.1. The Morgan fingerprint density at radius 1 is 0.571 bits per heavy atom. The van der Waals surface area contributed by atoms with Crippen molar-refractivity contribution in [3.63, 3.8) is 0 Å². The van der Waals surface area contributed by atoms with Crippen LogP contribution in [-0.4, -0.2) is 196 Å². The molecule has 4 aromatic rings. The fraction of sp³-hybridized carbons (Fsp3) is 0.598. The predicted octanol–water partition coefficient (Wildman–Crippen LogP) is 11.0. The molecule has 28 nitrogen and oxygen atoms in total. The van der Waals surface area contributed by atoms with Crippen molar-refractivity contribution < 1.29 is 91.0 Å². The molecule has 2 fully saturated rings. The highest BCUT2D eigenvalue weighted by molar-refractivity contribution is 6.76. The number of nitrogens with zero attached hydrogens (tertiary/aromatic N) is 4. The Kier molecular flexibility index (Phi) is 37.1. The first kappa shape index (κ1) is 95.6. The van der Waals surface area contributed by atoms with Crippen molar-refractivity contribution in [1.82, 2.24) is 46.8 Å². The fourth-order valence-corrected chi connectivity index (χ4v) is 13.1. The van der Waals surface area contributed by atoms with Crippen molar-refractivity contribution in [1.29, 1.82) is 0 Å². The molecule has 2 aromatic carbocycles. The van der Waals surface area contributed by atoms with Crippen molar-refractivity contribution in [2.24, 2.45) is 28.6 Å². The summed E-state index contributed by atoms with van der Waals surface area (Å²) in [6.45, 7) is 41.1. The van der Waals surface area contributed by atoms with E-state index in [0.29, 0.717) is 68.9 Å². The highest BCUT2D eigenvalue weighted by atomic mass is 28.3. The van der Waals surface area contributed by atoms with Crippen LogP contribution in [0.1, 0.15) is 171 Å². The number of hydrazine groups is 2. The van der Waals surface area contributed by atoms with Gasteiger partial charge in [-0.2, -0.15) is 0 Å². The number of fused-ring (bicyclic) bond motifs is 2. The zero-order chi connectivity index (χ0) is 84.4. The molecule has 2 aromatic heterocycles. The van der Waals surface area contributed by atoms with Crippen molar-refractivity contribution in [2.45, 2.75) is 235 Å². The third-order valence-electron chi connectivity index (χ3n) is 18.6. The normalized spacial score (nSPS) is 17.5. The van der Waals surface area contributed by atoms with Crippen LogP contribution < -0.4 is 26.8 Å². The minimum Gasteiger partial charge on any atom is -0.481 e. The van der Waals surface area contributed by atoms with Crippen molar-refractivity contribution in [3.05, 3.63) is 95.3 Å². The summed E-state index contributed by atoms with van der Waals surface area (Å²) in [5.74, 6) is -6.10. The van der Waals surface area contributed by atoms with Gasteiger partial charge in [-0.3, -0.25) is 62.8 Å². The van der Waals surface area contributed by atoms with E-state index >= 15 is 0 Å². The Labute approximate surface area is 663 Å². The maximum Gasteiger partial charge on any atom is 0.324 e. The molecule has 620 valence electrons. The molecular formula is C82H125N9O19Si2. The monoisotopic (exact) mass is 1600 g/mol. The van der Waals surface area contributed by atoms with Crippen LogP contribution in [0, 0.1) is 28.6 Å². The quantitative estimate of drug-likeness (QED) is 0.0112. The summed E-state index contributed by atoms with van der Waals surface area (Å²) < 4.78 is 37.2. The SMILES string of the molecule is CC(=O)O[C@H](C)c1ccc2ccc(/C=C/[C@@](C)(COCC[Si](C)(C)C)C(=O)O)cc2n1.COC(=O)[C@@H]1CCCN(C(=O)[C@H](C)NC(=O)[C@@H](CC(=O)OC(C)(C)C)C(C)C)N1.COC(=O)[C@@H]1CCCN(C(=O)[C@H](C)NC(=O)[C@@H](NC(=O)[C@@](C)(/C=C/c2ccc3ccc([C@@H](C)OC(C)=O)nc3c2)COCC[Si](C)(C)C)C(C)C)N1. The number of nitrogens with one attached hydrogen (secondary N) is 5. The number of ether oxygens (including phenoxy) is 7. The molecule has 0 radical (unpaired) electrons. The van der Waals surface area contributed by atoms with Gasteiger partial charge in [0.2, 0.25) is 17.7 Å². The first-order valence-electron chi connectivity index (χ1n) is 38.5. The standard InChI is InChI=1S/C38H57N5O8Si.C24H33NO5Si.C20H35N3O6/c1-24(2)33(34(45)39-25(3)35(46)43-19-11-12-31(42-43)36(47)49-7)41-37(48)38(6,23-50-20-21-52(8,9)10)18-17-28-13-14-29-15-16-30(40-32(29)22-28)26(4)51-27(5)44;1-17(30-18(2)26)21-10-9-20-8-7-19(15-22(20)25-21)11-12-24(3,23(27)28)16-29-13-14-31(4,5)6;1-12(2)14(11-16(24)29-20(4,5)6)17(25)21-13(3)18(26)23-10-8-9-15(22-23)19(27)28-7/h13-18,22,24-26,31,33,42H,11-12,19-21,23H2,1-10H3,(H,39,45)(H,41,48);7-12,15,17H,13-14,16H2,1-6H3,(H,27,28);12-15,22H,8-11H2,1-7H3,(H,21,25)/b18-17+;12-11+;/t25-,26+,31-,33-,38-;17-,24+;13-,14-,15-/m010/s1. The highest BCUT2D eigenvalue weighted by Gasteiger charge is 2.39. The summed E-state index contributed by atoms with van der Waals surface area (Å²) in [5.41, 5.74) is 7.21. The second-order valence-electron chi connectivity index (χ2n) is 33.4. The van der Waals surface area contributed by atoms with Crippen LogP contribution in [0.15, 0.2) is 72.8 Å². The Balaban J connectivity index is 0.000000378. The Bertz CT molecular complexity index is 3960. The van der Waals surface area contributed by atoms with E-state index in [1.807, 2.05) is 94.4 Å². The number of carboxylic acid groups (broad SMARTS) is 1. The molecule has 30 heteroatoms. The summed E-state index contributed by atoms with van der Waals surface area (Å²) in [4.78, 5) is 146. The lowest BCUT2D eigenvalue weighted by Crippen LogP contribution is -2.61. The van der Waals surface area contributed by atoms with Gasteiger partial charge in [0, 0.05) is 67.1 Å². The second kappa shape index (κ2) is 43.4. The Morgan fingerprint density at radius 2 is 0.973 bits per heavy atom. The van der Waals surface area contributed by atoms with Gasteiger partial charge in [-0.25, -0.2) is 20.8 Å². The minimum atomic E-state index is -1.39. The number of methoxy groups -OCH3 is 2. The molecule has 112 heavy (non-hydrogen) atoms. The number of pyridine rings is 2. The summed E-state index contributed by atoms with van der Waals surface area (Å²) in [6.07, 6.45) is 8.43. The second-order valence-corrected chi connectivity index (χ2v) is 44.6. The molecule has 0 aliphatic carbocycles. The zero-order valence-electron chi connectivity index (χ0n) is 70.1. The number of benzene rings is 2. The van der Waals surface area contributed by atoms with Gasteiger partial charge >= 0.3 is 35.8 Å². The van der Waals surface area contributed by atoms with E-state index in [4.69, 9.17) is 38.1 Å². The number of hydrogen-bond donors (Lipinski definition) is 6. The molecule has 0 unspecified atom stereocenters. The molecule has 0 spiro atoms. The third-order valence-corrected chi connectivity index (χ3v) is 22.0. The fourth-order valence-electron chi connectivity index (χ4n) is 11.6. The van der Waals surface area contributed by atoms with E-state index in [-0.39, 0.29) is 55.2 Å². The van der Waals surface area contributed by atoms with Gasteiger partial charge in [0.1, 0.15) is 53.4 Å².